The Morgan fingerprint density at radius 2 is 1.71 bits per heavy atom. The molecule has 28 heavy (non-hydrogen) atoms. The Kier molecular flexibility index (Phi) is 6.06. The van der Waals surface area contributed by atoms with E-state index in [9.17, 15) is 19.2 Å². The third kappa shape index (κ3) is 4.75. The van der Waals surface area contributed by atoms with Gasteiger partial charge in [-0.3, -0.25) is 29.6 Å². The zero-order chi connectivity index (χ0) is 20.1. The molecule has 1 fully saturated rings. The van der Waals surface area contributed by atoms with E-state index in [1.54, 1.807) is 54.6 Å². The molecule has 1 aliphatic rings. The van der Waals surface area contributed by atoms with Gasteiger partial charge in [-0.15, -0.1) is 0 Å². The maximum absolute atomic E-state index is 12.2. The number of carbonyl (C=O) groups excluding carboxylic acids is 4. The Bertz CT molecular complexity index is 899. The summed E-state index contributed by atoms with van der Waals surface area (Å²) < 4.78 is 5.05. The summed E-state index contributed by atoms with van der Waals surface area (Å²) in [5, 5.41) is 1.60. The quantitative estimate of drug-likeness (QED) is 0.593. The molecule has 0 aliphatic carbocycles. The fraction of sp³-hybridized carbons (Fsp3) is 0.200. The lowest BCUT2D eigenvalue weighted by Crippen LogP contribution is -2.43. The number of nitrogens with zero attached hydrogens (tertiary/aromatic N) is 1. The normalized spacial score (nSPS) is 16.0. The number of rotatable bonds is 6. The van der Waals surface area contributed by atoms with Gasteiger partial charge in [0.1, 0.15) is 0 Å². The standard InChI is InChI=1S/C20H17ClN2O5/c21-16-8-6-13(7-9-16)17(24)12-28-20(27)15-10-18(25)23(11-15)22-19(26)14-4-2-1-3-5-14/h1-9,15H,10-12H2,(H,22,26)/t15-/m0/s1. The first-order valence-corrected chi connectivity index (χ1v) is 8.93. The van der Waals surface area contributed by atoms with Crippen molar-refractivity contribution < 1.29 is 23.9 Å². The molecule has 144 valence electrons. The van der Waals surface area contributed by atoms with E-state index in [1.807, 2.05) is 0 Å². The van der Waals surface area contributed by atoms with Crippen LogP contribution in [0.15, 0.2) is 54.6 Å². The molecule has 3 rings (SSSR count). The number of ether oxygens (including phenoxy) is 1. The number of hydrogen-bond acceptors (Lipinski definition) is 5. The van der Waals surface area contributed by atoms with Gasteiger partial charge in [-0.1, -0.05) is 29.8 Å². The van der Waals surface area contributed by atoms with Crippen LogP contribution in [0.1, 0.15) is 27.1 Å². The highest BCUT2D eigenvalue weighted by molar-refractivity contribution is 6.30. The molecule has 1 atom stereocenters. The van der Waals surface area contributed by atoms with Crippen LogP contribution in [-0.2, 0) is 14.3 Å². The number of halogens is 1. The molecule has 2 aromatic rings. The van der Waals surface area contributed by atoms with Crippen LogP contribution >= 0.6 is 11.6 Å². The Morgan fingerprint density at radius 3 is 2.39 bits per heavy atom. The molecule has 0 saturated carbocycles. The highest BCUT2D eigenvalue weighted by Crippen LogP contribution is 2.18. The molecule has 1 N–H and O–H groups in total. The van der Waals surface area contributed by atoms with Crippen molar-refractivity contribution in [2.75, 3.05) is 13.2 Å². The van der Waals surface area contributed by atoms with E-state index in [0.29, 0.717) is 16.1 Å². The third-order valence-electron chi connectivity index (χ3n) is 4.24. The highest BCUT2D eigenvalue weighted by Gasteiger charge is 2.36. The summed E-state index contributed by atoms with van der Waals surface area (Å²) in [5.74, 6) is -2.62. The molecule has 0 unspecified atom stereocenters. The van der Waals surface area contributed by atoms with Crippen LogP contribution in [0, 0.1) is 5.92 Å². The number of Topliss-reactive ketones (excluding diaryl/α,β-unsaturated/α-hetero) is 1. The molecular formula is C20H17ClN2O5. The van der Waals surface area contributed by atoms with Crippen molar-refractivity contribution in [1.82, 2.24) is 10.4 Å². The lowest BCUT2D eigenvalue weighted by atomic mass is 10.1. The minimum Gasteiger partial charge on any atom is -0.457 e. The molecule has 1 saturated heterocycles. The van der Waals surface area contributed by atoms with Gasteiger partial charge in [-0.2, -0.15) is 0 Å². The van der Waals surface area contributed by atoms with Crippen LogP contribution in [0.25, 0.3) is 0 Å². The van der Waals surface area contributed by atoms with E-state index in [0.717, 1.165) is 5.01 Å². The van der Waals surface area contributed by atoms with Crippen LogP contribution in [0.4, 0.5) is 0 Å². The number of esters is 1. The molecule has 1 aliphatic heterocycles. The second kappa shape index (κ2) is 8.67. The van der Waals surface area contributed by atoms with Crippen LogP contribution in [0.2, 0.25) is 5.02 Å². The molecule has 0 bridgehead atoms. The SMILES string of the molecule is O=C(COC(=O)[C@H]1CC(=O)N(NC(=O)c2ccccc2)C1)c1ccc(Cl)cc1. The molecular weight excluding hydrogens is 384 g/mol. The Balaban J connectivity index is 1.51. The first kappa shape index (κ1) is 19.6. The van der Waals surface area contributed by atoms with Crippen molar-refractivity contribution >= 4 is 35.2 Å². The number of amides is 2. The number of carbonyl (C=O) groups is 4. The zero-order valence-electron chi connectivity index (χ0n) is 14.8. The van der Waals surface area contributed by atoms with Gasteiger partial charge in [0.05, 0.1) is 12.5 Å². The molecule has 1 heterocycles. The number of ketones is 1. The van der Waals surface area contributed by atoms with Gasteiger partial charge in [0.25, 0.3) is 5.91 Å². The van der Waals surface area contributed by atoms with Gasteiger partial charge in [-0.05, 0) is 36.4 Å². The highest BCUT2D eigenvalue weighted by atomic mass is 35.5. The Labute approximate surface area is 166 Å². The van der Waals surface area contributed by atoms with Crippen molar-refractivity contribution in [3.05, 3.63) is 70.7 Å². The Morgan fingerprint density at radius 1 is 1.04 bits per heavy atom. The molecule has 2 amide bonds. The summed E-state index contributed by atoms with van der Waals surface area (Å²) in [6.07, 6.45) is -0.0942. The van der Waals surface area contributed by atoms with Crippen LogP contribution < -0.4 is 5.43 Å². The monoisotopic (exact) mass is 400 g/mol. The van der Waals surface area contributed by atoms with Gasteiger partial charge < -0.3 is 4.74 Å². The number of hydrazine groups is 1. The summed E-state index contributed by atoms with van der Waals surface area (Å²) in [4.78, 5) is 48.5. The summed E-state index contributed by atoms with van der Waals surface area (Å²) in [5.41, 5.74) is 3.25. The second-order valence-corrected chi connectivity index (χ2v) is 6.69. The van der Waals surface area contributed by atoms with Gasteiger partial charge >= 0.3 is 5.97 Å². The minimum absolute atomic E-state index is 0.00856. The first-order valence-electron chi connectivity index (χ1n) is 8.56. The van der Waals surface area contributed by atoms with E-state index >= 15 is 0 Å². The number of benzene rings is 2. The van der Waals surface area contributed by atoms with Crippen LogP contribution in [0.3, 0.4) is 0 Å². The molecule has 2 aromatic carbocycles. The third-order valence-corrected chi connectivity index (χ3v) is 4.49. The van der Waals surface area contributed by atoms with Crippen molar-refractivity contribution in [2.24, 2.45) is 5.92 Å². The van der Waals surface area contributed by atoms with Crippen LogP contribution in [0.5, 0.6) is 0 Å². The lowest BCUT2D eigenvalue weighted by Gasteiger charge is -2.17. The average molecular weight is 401 g/mol. The Hall–Kier alpha value is -3.19. The topological polar surface area (TPSA) is 92.8 Å². The van der Waals surface area contributed by atoms with E-state index in [1.165, 1.54) is 0 Å². The maximum atomic E-state index is 12.2. The van der Waals surface area contributed by atoms with E-state index < -0.39 is 30.3 Å². The van der Waals surface area contributed by atoms with Gasteiger partial charge in [0.15, 0.2) is 12.4 Å². The van der Waals surface area contributed by atoms with E-state index in [2.05, 4.69) is 5.43 Å². The number of nitrogens with one attached hydrogen (secondary N) is 1. The lowest BCUT2D eigenvalue weighted by molar-refractivity contribution is -0.147. The molecule has 7 nitrogen and oxygen atoms in total. The summed E-state index contributed by atoms with van der Waals surface area (Å²) in [6.45, 7) is -0.438. The maximum Gasteiger partial charge on any atom is 0.311 e. The predicted molar refractivity (Wildman–Crippen MR) is 100 cm³/mol. The van der Waals surface area contributed by atoms with Gasteiger partial charge in [-0.25, -0.2) is 0 Å². The first-order chi connectivity index (χ1) is 13.4. The summed E-state index contributed by atoms with van der Waals surface area (Å²) in [6, 6.07) is 14.6. The fourth-order valence-electron chi connectivity index (χ4n) is 2.72. The average Bonchev–Trinajstić information content (AvgIpc) is 3.07. The fourth-order valence-corrected chi connectivity index (χ4v) is 2.85. The molecule has 0 aromatic heterocycles. The predicted octanol–water partition coefficient (Wildman–Crippen LogP) is 2.26. The second-order valence-electron chi connectivity index (χ2n) is 6.25. The molecule has 8 heteroatoms. The summed E-state index contributed by atoms with van der Waals surface area (Å²) in [7, 11) is 0. The largest absolute Gasteiger partial charge is 0.457 e. The molecule has 0 spiro atoms. The van der Waals surface area contributed by atoms with E-state index in [4.69, 9.17) is 16.3 Å². The van der Waals surface area contributed by atoms with Crippen molar-refractivity contribution in [3.63, 3.8) is 0 Å². The van der Waals surface area contributed by atoms with Gasteiger partial charge in [0, 0.05) is 22.6 Å². The number of hydrogen-bond donors (Lipinski definition) is 1. The van der Waals surface area contributed by atoms with Crippen LogP contribution in [-0.4, -0.2) is 41.7 Å². The summed E-state index contributed by atoms with van der Waals surface area (Å²) >= 11 is 5.77. The van der Waals surface area contributed by atoms with Crippen molar-refractivity contribution in [1.29, 1.82) is 0 Å². The smallest absolute Gasteiger partial charge is 0.311 e. The minimum atomic E-state index is -0.749. The van der Waals surface area contributed by atoms with Crippen molar-refractivity contribution in [2.45, 2.75) is 6.42 Å². The zero-order valence-corrected chi connectivity index (χ0v) is 15.5. The van der Waals surface area contributed by atoms with Crippen molar-refractivity contribution in [3.8, 4) is 0 Å². The van der Waals surface area contributed by atoms with Gasteiger partial charge in [0.2, 0.25) is 5.91 Å². The molecule has 0 radical (unpaired) electrons. The van der Waals surface area contributed by atoms with E-state index in [-0.39, 0.29) is 18.7 Å².